The van der Waals surface area contributed by atoms with Crippen LogP contribution in [0.2, 0.25) is 0 Å². The number of benzene rings is 1. The molecule has 23 heavy (non-hydrogen) atoms. The first-order chi connectivity index (χ1) is 10.8. The average molecular weight is 317 g/mol. The number of aliphatic carboxylic acids is 1. The van der Waals surface area contributed by atoms with Crippen LogP contribution in [0.25, 0.3) is 0 Å². The molecule has 1 amide bonds. The van der Waals surface area contributed by atoms with Crippen molar-refractivity contribution >= 4 is 11.9 Å². The molecule has 0 saturated heterocycles. The highest BCUT2D eigenvalue weighted by Crippen LogP contribution is 2.30. The molecule has 126 valence electrons. The van der Waals surface area contributed by atoms with Gasteiger partial charge in [0.25, 0.3) is 0 Å². The lowest BCUT2D eigenvalue weighted by molar-refractivity contribution is -0.144. The van der Waals surface area contributed by atoms with Gasteiger partial charge in [-0.15, -0.1) is 0 Å². The van der Waals surface area contributed by atoms with E-state index in [-0.39, 0.29) is 23.2 Å². The lowest BCUT2D eigenvalue weighted by atomic mass is 9.80. The topological polar surface area (TPSA) is 66.4 Å². The molecule has 1 aromatic carbocycles. The Bertz CT molecular complexity index is 580. The molecule has 2 rings (SSSR count). The molecule has 0 aromatic heterocycles. The molecule has 0 heterocycles. The van der Waals surface area contributed by atoms with E-state index in [1.165, 1.54) is 11.1 Å². The SMILES string of the molecule is Cc1cccc(C(C)(C)CNC(=O)C2CCCC(C(=O)O)C2)c1. The molecule has 1 aliphatic carbocycles. The summed E-state index contributed by atoms with van der Waals surface area (Å²) in [5.74, 6) is -1.32. The molecule has 1 saturated carbocycles. The summed E-state index contributed by atoms with van der Waals surface area (Å²) in [7, 11) is 0. The van der Waals surface area contributed by atoms with Gasteiger partial charge in [-0.1, -0.05) is 50.1 Å². The van der Waals surface area contributed by atoms with E-state index in [1.54, 1.807) is 0 Å². The zero-order valence-electron chi connectivity index (χ0n) is 14.3. The van der Waals surface area contributed by atoms with E-state index in [4.69, 9.17) is 5.11 Å². The number of amides is 1. The Hall–Kier alpha value is -1.84. The predicted octanol–water partition coefficient (Wildman–Crippen LogP) is 3.28. The minimum atomic E-state index is -0.775. The van der Waals surface area contributed by atoms with E-state index in [0.717, 1.165) is 12.8 Å². The Morgan fingerprint density at radius 1 is 1.26 bits per heavy atom. The van der Waals surface area contributed by atoms with Gasteiger partial charge in [0.2, 0.25) is 5.91 Å². The first kappa shape index (κ1) is 17.5. The molecular formula is C19H27NO3. The minimum Gasteiger partial charge on any atom is -0.481 e. The van der Waals surface area contributed by atoms with E-state index in [0.29, 0.717) is 19.4 Å². The van der Waals surface area contributed by atoms with Gasteiger partial charge in [-0.25, -0.2) is 0 Å². The summed E-state index contributed by atoms with van der Waals surface area (Å²) < 4.78 is 0. The second-order valence-electron chi connectivity index (χ2n) is 7.37. The summed E-state index contributed by atoms with van der Waals surface area (Å²) in [6.45, 7) is 6.85. The van der Waals surface area contributed by atoms with Gasteiger partial charge in [0, 0.05) is 17.9 Å². The van der Waals surface area contributed by atoms with Crippen LogP contribution in [0, 0.1) is 18.8 Å². The Balaban J connectivity index is 1.94. The zero-order valence-corrected chi connectivity index (χ0v) is 14.3. The van der Waals surface area contributed by atoms with Crippen molar-refractivity contribution in [2.24, 2.45) is 11.8 Å². The molecule has 2 N–H and O–H groups in total. The number of aryl methyl sites for hydroxylation is 1. The fraction of sp³-hybridized carbons (Fsp3) is 0.579. The van der Waals surface area contributed by atoms with Gasteiger partial charge in [-0.3, -0.25) is 9.59 Å². The third kappa shape index (κ3) is 4.57. The number of carboxylic acids is 1. The summed E-state index contributed by atoms with van der Waals surface area (Å²) in [4.78, 5) is 23.5. The molecule has 0 radical (unpaired) electrons. The monoisotopic (exact) mass is 317 g/mol. The van der Waals surface area contributed by atoms with Gasteiger partial charge in [0.05, 0.1) is 5.92 Å². The van der Waals surface area contributed by atoms with Crippen LogP contribution >= 0.6 is 0 Å². The van der Waals surface area contributed by atoms with Crippen molar-refractivity contribution in [3.63, 3.8) is 0 Å². The summed E-state index contributed by atoms with van der Waals surface area (Å²) >= 11 is 0. The number of hydrogen-bond donors (Lipinski definition) is 2. The lowest BCUT2D eigenvalue weighted by Gasteiger charge is -2.29. The molecule has 4 nitrogen and oxygen atoms in total. The molecule has 4 heteroatoms. The molecule has 2 unspecified atom stereocenters. The number of carbonyl (C=O) groups is 2. The van der Waals surface area contributed by atoms with Crippen molar-refractivity contribution < 1.29 is 14.7 Å². The smallest absolute Gasteiger partial charge is 0.306 e. The molecule has 0 aliphatic heterocycles. The summed E-state index contributed by atoms with van der Waals surface area (Å²) in [6.07, 6.45) is 2.76. The molecule has 2 atom stereocenters. The molecule has 1 fully saturated rings. The van der Waals surface area contributed by atoms with Gasteiger partial charge in [0.15, 0.2) is 0 Å². The van der Waals surface area contributed by atoms with Gasteiger partial charge >= 0.3 is 5.97 Å². The van der Waals surface area contributed by atoms with E-state index >= 15 is 0 Å². The normalized spacial score (nSPS) is 21.7. The van der Waals surface area contributed by atoms with E-state index in [1.807, 2.05) is 6.07 Å². The second kappa shape index (κ2) is 7.16. The molecule has 0 spiro atoms. The standard InChI is InChI=1S/C19H27NO3/c1-13-6-4-9-16(10-13)19(2,3)12-20-17(21)14-7-5-8-15(11-14)18(22)23/h4,6,9-10,14-15H,5,7-8,11-12H2,1-3H3,(H,20,21)(H,22,23). The van der Waals surface area contributed by atoms with Crippen LogP contribution in [0.4, 0.5) is 0 Å². The third-order valence-corrected chi connectivity index (χ3v) is 4.90. The van der Waals surface area contributed by atoms with Crippen molar-refractivity contribution in [2.45, 2.75) is 51.9 Å². The van der Waals surface area contributed by atoms with Crippen LogP contribution in [-0.2, 0) is 15.0 Å². The van der Waals surface area contributed by atoms with Crippen LogP contribution in [0.15, 0.2) is 24.3 Å². The van der Waals surface area contributed by atoms with Crippen LogP contribution in [-0.4, -0.2) is 23.5 Å². The van der Waals surface area contributed by atoms with E-state index < -0.39 is 5.97 Å². The van der Waals surface area contributed by atoms with E-state index in [9.17, 15) is 9.59 Å². The van der Waals surface area contributed by atoms with Crippen molar-refractivity contribution in [1.29, 1.82) is 0 Å². The second-order valence-corrected chi connectivity index (χ2v) is 7.37. The lowest BCUT2D eigenvalue weighted by Crippen LogP contribution is -2.41. The average Bonchev–Trinajstić information content (AvgIpc) is 2.53. The van der Waals surface area contributed by atoms with Crippen LogP contribution in [0.1, 0.15) is 50.7 Å². The number of hydrogen-bond acceptors (Lipinski definition) is 2. The Kier molecular flexibility index (Phi) is 5.45. The largest absolute Gasteiger partial charge is 0.481 e. The molecule has 1 aliphatic rings. The Labute approximate surface area is 138 Å². The van der Waals surface area contributed by atoms with Gasteiger partial charge < -0.3 is 10.4 Å². The maximum Gasteiger partial charge on any atom is 0.306 e. The maximum absolute atomic E-state index is 12.4. The highest BCUT2D eigenvalue weighted by Gasteiger charge is 2.31. The van der Waals surface area contributed by atoms with Gasteiger partial charge in [-0.05, 0) is 31.7 Å². The number of nitrogens with one attached hydrogen (secondary N) is 1. The Morgan fingerprint density at radius 2 is 1.96 bits per heavy atom. The quantitative estimate of drug-likeness (QED) is 0.876. The minimum absolute atomic E-state index is 0.00308. The van der Waals surface area contributed by atoms with Gasteiger partial charge in [0.1, 0.15) is 0 Å². The first-order valence-electron chi connectivity index (χ1n) is 8.37. The van der Waals surface area contributed by atoms with Crippen molar-refractivity contribution in [2.75, 3.05) is 6.54 Å². The highest BCUT2D eigenvalue weighted by molar-refractivity contribution is 5.80. The van der Waals surface area contributed by atoms with Crippen LogP contribution < -0.4 is 5.32 Å². The predicted molar refractivity (Wildman–Crippen MR) is 90.3 cm³/mol. The van der Waals surface area contributed by atoms with Crippen molar-refractivity contribution in [3.8, 4) is 0 Å². The zero-order chi connectivity index (χ0) is 17.0. The fourth-order valence-electron chi connectivity index (χ4n) is 3.27. The van der Waals surface area contributed by atoms with Crippen LogP contribution in [0.5, 0.6) is 0 Å². The molecule has 1 aromatic rings. The van der Waals surface area contributed by atoms with Gasteiger partial charge in [-0.2, -0.15) is 0 Å². The number of rotatable bonds is 5. The van der Waals surface area contributed by atoms with Crippen molar-refractivity contribution in [3.05, 3.63) is 35.4 Å². The van der Waals surface area contributed by atoms with E-state index in [2.05, 4.69) is 44.3 Å². The molecule has 0 bridgehead atoms. The highest BCUT2D eigenvalue weighted by atomic mass is 16.4. The molecular weight excluding hydrogens is 290 g/mol. The third-order valence-electron chi connectivity index (χ3n) is 4.90. The fourth-order valence-corrected chi connectivity index (χ4v) is 3.27. The van der Waals surface area contributed by atoms with Crippen LogP contribution in [0.3, 0.4) is 0 Å². The maximum atomic E-state index is 12.4. The number of carbonyl (C=O) groups excluding carboxylic acids is 1. The first-order valence-corrected chi connectivity index (χ1v) is 8.37. The van der Waals surface area contributed by atoms with Crippen molar-refractivity contribution in [1.82, 2.24) is 5.32 Å². The summed E-state index contributed by atoms with van der Waals surface area (Å²) in [5.41, 5.74) is 2.26. The summed E-state index contributed by atoms with van der Waals surface area (Å²) in [6, 6.07) is 8.33. The number of carboxylic acid groups (broad SMARTS) is 1. The summed E-state index contributed by atoms with van der Waals surface area (Å²) in [5, 5.41) is 12.2. The Morgan fingerprint density at radius 3 is 2.61 bits per heavy atom.